The van der Waals surface area contributed by atoms with Gasteiger partial charge < -0.3 is 0 Å². The Kier molecular flexibility index (Phi) is 4.41. The molecule has 0 heterocycles. The van der Waals surface area contributed by atoms with E-state index in [0.717, 1.165) is 48.3 Å². The van der Waals surface area contributed by atoms with E-state index in [2.05, 4.69) is 26.8 Å². The van der Waals surface area contributed by atoms with E-state index in [1.54, 1.807) is 5.57 Å². The summed E-state index contributed by atoms with van der Waals surface area (Å²) in [6.45, 7) is 7.63. The first-order valence-corrected chi connectivity index (χ1v) is 12.3. The molecule has 0 spiro atoms. The molecule has 5 fully saturated rings. The Balaban J connectivity index is 0.000000489. The van der Waals surface area contributed by atoms with Crippen LogP contribution in [0.15, 0.2) is 11.6 Å². The third-order valence-corrected chi connectivity index (χ3v) is 10.4. The number of ketones is 1. The van der Waals surface area contributed by atoms with E-state index in [9.17, 15) is 4.79 Å². The molecule has 0 aromatic heterocycles. The Bertz CT molecular complexity index is 642. The molecule has 5 saturated carbocycles. The molecule has 6 unspecified atom stereocenters. The van der Waals surface area contributed by atoms with Crippen molar-refractivity contribution in [3.63, 3.8) is 0 Å². The van der Waals surface area contributed by atoms with Crippen LogP contribution >= 0.6 is 0 Å². The Morgan fingerprint density at radius 3 is 2.41 bits per heavy atom. The Morgan fingerprint density at radius 1 is 0.963 bits per heavy atom. The minimum atomic E-state index is 0.403. The minimum Gasteiger partial charge on any atom is -0.295 e. The van der Waals surface area contributed by atoms with Gasteiger partial charge in [-0.3, -0.25) is 4.79 Å². The van der Waals surface area contributed by atoms with Crippen molar-refractivity contribution in [2.24, 2.45) is 46.3 Å². The number of hydrogen-bond acceptors (Lipinski definition) is 1. The lowest BCUT2D eigenvalue weighted by Gasteiger charge is -2.59. The summed E-state index contributed by atoms with van der Waals surface area (Å²) in [6.07, 6.45) is 18.4. The molecule has 0 aromatic carbocycles. The van der Waals surface area contributed by atoms with Crippen LogP contribution in [-0.4, -0.2) is 5.78 Å². The van der Waals surface area contributed by atoms with Crippen molar-refractivity contribution >= 4 is 5.78 Å². The largest absolute Gasteiger partial charge is 0.295 e. The maximum absolute atomic E-state index is 11.9. The van der Waals surface area contributed by atoms with E-state index in [-0.39, 0.29) is 0 Å². The van der Waals surface area contributed by atoms with Crippen molar-refractivity contribution in [1.82, 2.24) is 0 Å². The zero-order chi connectivity index (χ0) is 18.8. The van der Waals surface area contributed by atoms with Crippen LogP contribution in [-0.2, 0) is 4.79 Å². The molecule has 0 N–H and O–H groups in total. The Labute approximate surface area is 166 Å². The summed E-state index contributed by atoms with van der Waals surface area (Å²) in [7, 11) is 0. The van der Waals surface area contributed by atoms with Gasteiger partial charge in [0, 0.05) is 6.42 Å². The van der Waals surface area contributed by atoms with Gasteiger partial charge in [0.05, 0.1) is 0 Å². The third kappa shape index (κ3) is 2.58. The second kappa shape index (κ2) is 6.46. The zero-order valence-corrected chi connectivity index (χ0v) is 17.9. The topological polar surface area (TPSA) is 17.1 Å². The average Bonchev–Trinajstić information content (AvgIpc) is 3.58. The predicted molar refractivity (Wildman–Crippen MR) is 111 cm³/mol. The standard InChI is InChI=1S/C23H34O.C3H6/c1-4-22(3)20-13-19(20)21-18-8-6-14-12-15(24)7-9-16(14)17(18)10-11-23(21,22)5-2;1-2-3-1/h12,16-21H,4-11,13H2,1-3H3;1-3H2/t16?,17?,18?,19?,20?,21-,22+,23?;/m1./s1. The van der Waals surface area contributed by atoms with Crippen molar-refractivity contribution in [3.05, 3.63) is 11.6 Å². The maximum Gasteiger partial charge on any atom is 0.155 e. The number of allylic oxidation sites excluding steroid dienone is 1. The molecule has 0 saturated heterocycles. The normalized spacial score (nSPS) is 51.7. The van der Waals surface area contributed by atoms with Gasteiger partial charge in [0.2, 0.25) is 0 Å². The van der Waals surface area contributed by atoms with Gasteiger partial charge in [-0.25, -0.2) is 0 Å². The molecular weight excluding hydrogens is 328 g/mol. The molecule has 0 bridgehead atoms. The van der Waals surface area contributed by atoms with E-state index < -0.39 is 0 Å². The van der Waals surface area contributed by atoms with Crippen molar-refractivity contribution in [1.29, 1.82) is 0 Å². The molecule has 27 heavy (non-hydrogen) atoms. The minimum absolute atomic E-state index is 0.403. The molecule has 8 atom stereocenters. The van der Waals surface area contributed by atoms with Gasteiger partial charge in [0.25, 0.3) is 0 Å². The van der Waals surface area contributed by atoms with Gasteiger partial charge in [0.1, 0.15) is 0 Å². The number of carbonyl (C=O) groups is 1. The summed E-state index contributed by atoms with van der Waals surface area (Å²) in [4.78, 5) is 11.9. The van der Waals surface area contributed by atoms with Crippen molar-refractivity contribution in [2.75, 3.05) is 0 Å². The van der Waals surface area contributed by atoms with E-state index in [1.165, 1.54) is 64.2 Å². The maximum atomic E-state index is 11.9. The molecule has 0 radical (unpaired) electrons. The van der Waals surface area contributed by atoms with Gasteiger partial charge in [-0.2, -0.15) is 0 Å². The summed E-state index contributed by atoms with van der Waals surface area (Å²) < 4.78 is 0. The van der Waals surface area contributed by atoms with Gasteiger partial charge in [0.15, 0.2) is 5.78 Å². The summed E-state index contributed by atoms with van der Waals surface area (Å²) in [5.41, 5.74) is 2.79. The Hall–Kier alpha value is -0.590. The van der Waals surface area contributed by atoms with Gasteiger partial charge in [-0.15, -0.1) is 0 Å². The summed E-state index contributed by atoms with van der Waals surface area (Å²) in [6, 6.07) is 0. The van der Waals surface area contributed by atoms with Gasteiger partial charge in [-0.1, -0.05) is 45.6 Å². The molecule has 6 aliphatic rings. The average molecular weight is 369 g/mol. The van der Waals surface area contributed by atoms with E-state index in [1.807, 2.05) is 0 Å². The highest BCUT2D eigenvalue weighted by Gasteiger charge is 2.74. The zero-order valence-electron chi connectivity index (χ0n) is 17.9. The van der Waals surface area contributed by atoms with Crippen molar-refractivity contribution < 1.29 is 4.79 Å². The second-order valence-corrected chi connectivity index (χ2v) is 11.1. The van der Waals surface area contributed by atoms with Crippen LogP contribution in [0.25, 0.3) is 0 Å². The quantitative estimate of drug-likeness (QED) is 0.515. The third-order valence-electron chi connectivity index (χ3n) is 10.4. The first kappa shape index (κ1) is 18.4. The van der Waals surface area contributed by atoms with E-state index in [4.69, 9.17) is 0 Å². The van der Waals surface area contributed by atoms with Crippen LogP contribution < -0.4 is 0 Å². The van der Waals surface area contributed by atoms with Crippen LogP contribution in [0.5, 0.6) is 0 Å². The Morgan fingerprint density at radius 2 is 1.74 bits per heavy atom. The SMILES string of the molecule is C1CC1.CCC12CCC3C4CCC(=O)C=C4CCC3[C@@H]1C1CC1[C@]2(C)CC. The molecular formula is C26H40O. The van der Waals surface area contributed by atoms with Crippen molar-refractivity contribution in [2.45, 2.75) is 97.8 Å². The van der Waals surface area contributed by atoms with Crippen LogP contribution in [0.4, 0.5) is 0 Å². The number of carbonyl (C=O) groups excluding carboxylic acids is 1. The first-order valence-electron chi connectivity index (χ1n) is 12.3. The smallest absolute Gasteiger partial charge is 0.155 e. The summed E-state index contributed by atoms with van der Waals surface area (Å²) in [5.74, 6) is 6.15. The van der Waals surface area contributed by atoms with E-state index in [0.29, 0.717) is 16.6 Å². The van der Waals surface area contributed by atoms with Crippen LogP contribution in [0, 0.1) is 46.3 Å². The van der Waals surface area contributed by atoms with E-state index >= 15 is 0 Å². The first-order chi connectivity index (χ1) is 13.1. The fourth-order valence-corrected chi connectivity index (χ4v) is 8.86. The molecule has 0 amide bonds. The second-order valence-electron chi connectivity index (χ2n) is 11.1. The van der Waals surface area contributed by atoms with Crippen molar-refractivity contribution in [3.8, 4) is 0 Å². The lowest BCUT2D eigenvalue weighted by atomic mass is 9.45. The van der Waals surface area contributed by atoms with Crippen LogP contribution in [0.1, 0.15) is 97.8 Å². The molecule has 6 aliphatic carbocycles. The predicted octanol–water partition coefficient (Wildman–Crippen LogP) is 6.96. The molecule has 0 aromatic rings. The van der Waals surface area contributed by atoms with Gasteiger partial charge in [-0.05, 0) is 104 Å². The monoisotopic (exact) mass is 368 g/mol. The lowest BCUT2D eigenvalue weighted by Crippen LogP contribution is -2.52. The van der Waals surface area contributed by atoms with Crippen LogP contribution in [0.3, 0.4) is 0 Å². The number of fused-ring (bicyclic) bond motifs is 7. The number of rotatable bonds is 2. The van der Waals surface area contributed by atoms with Crippen LogP contribution in [0.2, 0.25) is 0 Å². The molecule has 0 aliphatic heterocycles. The highest BCUT2D eigenvalue weighted by molar-refractivity contribution is 5.91. The molecule has 1 heteroatoms. The highest BCUT2D eigenvalue weighted by Crippen LogP contribution is 2.80. The summed E-state index contributed by atoms with van der Waals surface area (Å²) >= 11 is 0. The fourth-order valence-electron chi connectivity index (χ4n) is 8.86. The molecule has 6 rings (SSSR count). The van der Waals surface area contributed by atoms with Gasteiger partial charge >= 0.3 is 0 Å². The fraction of sp³-hybridized carbons (Fsp3) is 0.885. The summed E-state index contributed by atoms with van der Waals surface area (Å²) in [5, 5.41) is 0. The lowest BCUT2D eigenvalue weighted by molar-refractivity contribution is -0.117. The molecule has 1 nitrogen and oxygen atoms in total. The number of hydrogen-bond donors (Lipinski definition) is 0. The highest BCUT2D eigenvalue weighted by atomic mass is 16.1. The molecule has 150 valence electrons.